The van der Waals surface area contributed by atoms with E-state index in [1.54, 1.807) is 20.8 Å². The first-order valence-corrected chi connectivity index (χ1v) is 4.77. The third-order valence-electron chi connectivity index (χ3n) is 1.52. The molecule has 0 radical (unpaired) electrons. The molecule has 0 fully saturated rings. The molecule has 1 aliphatic carbocycles. The average molecular weight is 313 g/mol. The van der Waals surface area contributed by atoms with Crippen LogP contribution in [0.2, 0.25) is 0 Å². The topological polar surface area (TPSA) is 9.23 Å². The Morgan fingerprint density at radius 1 is 0.875 bits per heavy atom. The summed E-state index contributed by atoms with van der Waals surface area (Å²) in [5.74, 6) is 0.910. The molecule has 5 heteroatoms. The molecule has 0 saturated heterocycles. The van der Waals surface area contributed by atoms with Gasteiger partial charge in [0.05, 0.1) is 0 Å². The maximum absolute atomic E-state index is 4.91. The van der Waals surface area contributed by atoms with Crippen molar-refractivity contribution in [2.45, 2.75) is 6.42 Å². The first-order valence-electron chi connectivity index (χ1n) is 4.14. The molecule has 2 rings (SSSR count). The molecule has 0 unspecified atom stereocenters. The van der Waals surface area contributed by atoms with E-state index in [9.17, 15) is 0 Å². The third kappa shape index (κ3) is 10.6. The van der Waals surface area contributed by atoms with Gasteiger partial charge in [0.25, 0.3) is 0 Å². The fourth-order valence-electron chi connectivity index (χ4n) is 0.881. The molecule has 86 valence electrons. The van der Waals surface area contributed by atoms with Gasteiger partial charge in [-0.1, -0.05) is 24.3 Å². The summed E-state index contributed by atoms with van der Waals surface area (Å²) in [7, 11) is 0. The standard InChI is InChI=1S/C6H6O.C5H6.3ClH.Ti/c7-6-4-2-1-3-5-6;1-2-4-5-3-1;;;;/h1-5,7H;1-4H,5H2;3*1H;/q;;;;;+4/p-4. The molecule has 1 aliphatic rings. The van der Waals surface area contributed by atoms with Crippen LogP contribution in [0.5, 0.6) is 5.75 Å². The van der Waals surface area contributed by atoms with Crippen molar-refractivity contribution in [2.75, 3.05) is 0 Å². The molecule has 0 aliphatic heterocycles. The third-order valence-corrected chi connectivity index (χ3v) is 1.88. The Kier molecular flexibility index (Phi) is 20.2. The Morgan fingerprint density at radius 3 is 1.62 bits per heavy atom. The number of halogens is 3. The van der Waals surface area contributed by atoms with Crippen LogP contribution in [-0.2, 0) is 20.8 Å². The van der Waals surface area contributed by atoms with E-state index in [0.29, 0.717) is 0 Å². The molecule has 0 saturated carbocycles. The Morgan fingerprint density at radius 2 is 1.38 bits per heavy atom. The van der Waals surface area contributed by atoms with Crippen LogP contribution in [0.4, 0.5) is 0 Å². The van der Waals surface area contributed by atoms with Crippen molar-refractivity contribution in [3.63, 3.8) is 0 Å². The van der Waals surface area contributed by atoms with Crippen LogP contribution in [0.3, 0.4) is 0 Å². The van der Waals surface area contributed by atoms with Gasteiger partial charge in [0.15, 0.2) is 0 Å². The van der Waals surface area contributed by atoms with E-state index in [1.165, 1.54) is 0 Å². The Balaban J connectivity index is -0.000000189. The molecule has 1 nitrogen and oxygen atoms in total. The summed E-state index contributed by atoms with van der Waals surface area (Å²) < 4.78 is 4.91. The number of hydrogen-bond acceptors (Lipinski definition) is 1. The van der Waals surface area contributed by atoms with Crippen LogP contribution in [-0.4, -0.2) is 0 Å². The van der Waals surface area contributed by atoms with Gasteiger partial charge in [0, 0.05) is 0 Å². The maximum atomic E-state index is 4.91. The summed E-state index contributed by atoms with van der Waals surface area (Å²) in [5, 5.41) is 0. The average Bonchev–Trinajstić information content (AvgIpc) is 2.77. The van der Waals surface area contributed by atoms with Gasteiger partial charge in [-0.25, -0.2) is 0 Å². The van der Waals surface area contributed by atoms with Gasteiger partial charge in [-0.2, -0.15) is 0 Å². The van der Waals surface area contributed by atoms with Gasteiger partial charge in [-0.3, -0.25) is 0 Å². The zero-order valence-corrected chi connectivity index (χ0v) is 12.3. The van der Waals surface area contributed by atoms with E-state index in [4.69, 9.17) is 3.32 Å². The zero-order chi connectivity index (χ0) is 9.36. The van der Waals surface area contributed by atoms with Crippen molar-refractivity contribution in [3.05, 3.63) is 54.6 Å². The van der Waals surface area contributed by atoms with Crippen LogP contribution in [0, 0.1) is 0 Å². The number of para-hydroxylation sites is 1. The van der Waals surface area contributed by atoms with E-state index in [1.807, 2.05) is 30.3 Å². The molecule has 1 aromatic rings. The molecular weight excluding hydrogens is 302 g/mol. The normalized spacial score (nSPS) is 9.88. The van der Waals surface area contributed by atoms with Gasteiger partial charge >= 0.3 is 60.2 Å². The second-order valence-corrected chi connectivity index (χ2v) is 2.83. The predicted molar refractivity (Wildman–Crippen MR) is 50.0 cm³/mol. The van der Waals surface area contributed by atoms with Crippen molar-refractivity contribution in [1.29, 1.82) is 0 Å². The Labute approximate surface area is 127 Å². The van der Waals surface area contributed by atoms with Crippen molar-refractivity contribution < 1.29 is 61.4 Å². The van der Waals surface area contributed by atoms with Crippen LogP contribution < -0.4 is 40.5 Å². The van der Waals surface area contributed by atoms with Crippen molar-refractivity contribution in [2.24, 2.45) is 0 Å². The van der Waals surface area contributed by atoms with Crippen LogP contribution in [0.15, 0.2) is 54.6 Å². The fraction of sp³-hybridized carbons (Fsp3) is 0.0909. The van der Waals surface area contributed by atoms with Gasteiger partial charge in [-0.15, -0.1) is 0 Å². The number of benzene rings is 1. The first kappa shape index (κ1) is 21.4. The van der Waals surface area contributed by atoms with Crippen LogP contribution in [0.25, 0.3) is 0 Å². The number of allylic oxidation sites excluding steroid dienone is 4. The molecule has 16 heavy (non-hydrogen) atoms. The van der Waals surface area contributed by atoms with E-state index in [2.05, 4.69) is 24.3 Å². The van der Waals surface area contributed by atoms with Crippen LogP contribution >= 0.6 is 0 Å². The summed E-state index contributed by atoms with van der Waals surface area (Å²) in [6, 6.07) is 9.68. The monoisotopic (exact) mass is 312 g/mol. The predicted octanol–water partition coefficient (Wildman–Crippen LogP) is -5.96. The second kappa shape index (κ2) is 15.1. The Hall–Kier alpha value is 0.0843. The van der Waals surface area contributed by atoms with E-state index < -0.39 is 0 Å². The van der Waals surface area contributed by atoms with E-state index in [0.717, 1.165) is 12.2 Å². The van der Waals surface area contributed by atoms with Gasteiger partial charge in [0.1, 0.15) is 0 Å². The molecular formula is C11H11Cl3OTi. The second-order valence-electron chi connectivity index (χ2n) is 2.51. The first-order chi connectivity index (χ1) is 6.43. The summed E-state index contributed by atoms with van der Waals surface area (Å²) in [6.07, 6.45) is 9.50. The minimum absolute atomic E-state index is 0. The van der Waals surface area contributed by atoms with Crippen molar-refractivity contribution in [1.82, 2.24) is 0 Å². The SMILES string of the molecule is C1=CCC=C1.[Cl-].[Cl-].[Cl-].[Ti+3][O]c1ccccc1. The summed E-state index contributed by atoms with van der Waals surface area (Å²) in [5.41, 5.74) is 0. The van der Waals surface area contributed by atoms with E-state index in [-0.39, 0.29) is 37.2 Å². The molecule has 0 spiro atoms. The Bertz CT molecular complexity index is 279. The van der Waals surface area contributed by atoms with Gasteiger partial charge in [-0.05, 0) is 6.42 Å². The molecule has 0 atom stereocenters. The quantitative estimate of drug-likeness (QED) is 0.469. The molecule has 0 amide bonds. The van der Waals surface area contributed by atoms with Crippen molar-refractivity contribution >= 4 is 0 Å². The summed E-state index contributed by atoms with van der Waals surface area (Å²) >= 11 is 1.66. The minimum atomic E-state index is 0. The van der Waals surface area contributed by atoms with Gasteiger partial charge in [0.2, 0.25) is 0 Å². The van der Waals surface area contributed by atoms with Gasteiger partial charge < -0.3 is 37.2 Å². The zero-order valence-electron chi connectivity index (χ0n) is 8.45. The molecule has 1 aromatic carbocycles. The summed E-state index contributed by atoms with van der Waals surface area (Å²) in [6.45, 7) is 0. The molecule has 0 N–H and O–H groups in total. The van der Waals surface area contributed by atoms with Crippen LogP contribution in [0.1, 0.15) is 6.42 Å². The number of hydrogen-bond donors (Lipinski definition) is 0. The molecule has 0 aromatic heterocycles. The molecule has 0 heterocycles. The van der Waals surface area contributed by atoms with Crippen molar-refractivity contribution in [3.8, 4) is 5.75 Å². The fourth-order valence-corrected chi connectivity index (χ4v) is 1.09. The van der Waals surface area contributed by atoms with E-state index >= 15 is 0 Å². The summed E-state index contributed by atoms with van der Waals surface area (Å²) in [4.78, 5) is 0. The molecule has 0 bridgehead atoms. The number of rotatable bonds is 1.